The maximum Gasteiger partial charge on any atom is 0.418 e. The van der Waals surface area contributed by atoms with Crippen molar-refractivity contribution in [2.24, 2.45) is 0 Å². The number of pyridine rings is 1. The number of nitrogens with one attached hydrogen (secondary N) is 2. The molecular formula is C14H8ClF3N4O. The molecule has 0 aliphatic carbocycles. The van der Waals surface area contributed by atoms with Crippen molar-refractivity contribution in [3.8, 4) is 0 Å². The Kier molecular flexibility index (Phi) is 3.69. The topological polar surface area (TPSA) is 70.7 Å². The molecule has 3 rings (SSSR count). The van der Waals surface area contributed by atoms with Gasteiger partial charge in [-0.1, -0.05) is 11.6 Å². The molecule has 9 heteroatoms. The molecule has 0 saturated heterocycles. The average molecular weight is 341 g/mol. The fourth-order valence-electron chi connectivity index (χ4n) is 2.07. The molecule has 0 aliphatic rings. The second kappa shape index (κ2) is 5.54. The van der Waals surface area contributed by atoms with Crippen molar-refractivity contribution in [3.63, 3.8) is 0 Å². The molecule has 0 saturated carbocycles. The number of carbonyl (C=O) groups excluding carboxylic acids is 1. The predicted octanol–water partition coefficient (Wildman–Crippen LogP) is 3.88. The van der Waals surface area contributed by atoms with Crippen molar-refractivity contribution in [2.75, 3.05) is 5.32 Å². The zero-order chi connectivity index (χ0) is 16.6. The first-order valence-corrected chi connectivity index (χ1v) is 6.70. The molecule has 2 aromatic heterocycles. The highest BCUT2D eigenvalue weighted by atomic mass is 35.5. The van der Waals surface area contributed by atoms with Gasteiger partial charge in [-0.15, -0.1) is 0 Å². The number of halogens is 4. The fourth-order valence-corrected chi connectivity index (χ4v) is 2.24. The Bertz CT molecular complexity index is 891. The second-order valence-corrected chi connectivity index (χ2v) is 5.07. The molecule has 118 valence electrons. The summed E-state index contributed by atoms with van der Waals surface area (Å²) >= 11 is 5.60. The quantitative estimate of drug-likeness (QED) is 0.743. The van der Waals surface area contributed by atoms with E-state index in [1.54, 1.807) is 6.07 Å². The Morgan fingerprint density at radius 2 is 2.04 bits per heavy atom. The molecule has 0 atom stereocenters. The summed E-state index contributed by atoms with van der Waals surface area (Å²) < 4.78 is 39.1. The van der Waals surface area contributed by atoms with Gasteiger partial charge in [0.05, 0.1) is 22.2 Å². The number of amides is 1. The van der Waals surface area contributed by atoms with Crippen molar-refractivity contribution >= 4 is 34.1 Å². The lowest BCUT2D eigenvalue weighted by Crippen LogP contribution is -2.17. The standard InChI is InChI=1S/C14H8ClF3N4O/c15-7-1-2-11(9(5-7)14(16,17)18)20-13(23)12-8-6-19-4-3-10(8)21-22-12/h1-6H,(H,20,23)(H,21,22). The summed E-state index contributed by atoms with van der Waals surface area (Å²) in [6, 6.07) is 4.71. The van der Waals surface area contributed by atoms with E-state index in [2.05, 4.69) is 20.5 Å². The normalized spacial score (nSPS) is 11.7. The maximum absolute atomic E-state index is 13.0. The van der Waals surface area contributed by atoms with Gasteiger partial charge in [0.15, 0.2) is 5.69 Å². The van der Waals surface area contributed by atoms with Gasteiger partial charge in [-0.3, -0.25) is 14.9 Å². The zero-order valence-electron chi connectivity index (χ0n) is 11.3. The van der Waals surface area contributed by atoms with Gasteiger partial charge in [-0.2, -0.15) is 18.3 Å². The van der Waals surface area contributed by atoms with Gasteiger partial charge in [0.25, 0.3) is 5.91 Å². The molecule has 2 N–H and O–H groups in total. The fraction of sp³-hybridized carbons (Fsp3) is 0.0714. The van der Waals surface area contributed by atoms with Crippen LogP contribution in [0.1, 0.15) is 16.1 Å². The van der Waals surface area contributed by atoms with Crippen LogP contribution in [0.25, 0.3) is 10.9 Å². The number of aromatic amines is 1. The highest BCUT2D eigenvalue weighted by molar-refractivity contribution is 6.30. The number of carbonyl (C=O) groups is 1. The number of nitrogens with zero attached hydrogens (tertiary/aromatic N) is 2. The van der Waals surface area contributed by atoms with Gasteiger partial charge >= 0.3 is 6.18 Å². The van der Waals surface area contributed by atoms with E-state index in [9.17, 15) is 18.0 Å². The van der Waals surface area contributed by atoms with Gasteiger partial charge in [0.2, 0.25) is 0 Å². The molecule has 5 nitrogen and oxygen atoms in total. The van der Waals surface area contributed by atoms with E-state index in [-0.39, 0.29) is 10.7 Å². The minimum Gasteiger partial charge on any atom is -0.320 e. The van der Waals surface area contributed by atoms with Crippen molar-refractivity contribution in [1.29, 1.82) is 0 Å². The Hall–Kier alpha value is -2.61. The van der Waals surface area contributed by atoms with Crippen LogP contribution in [-0.4, -0.2) is 21.1 Å². The largest absolute Gasteiger partial charge is 0.418 e. The number of aromatic nitrogens is 3. The monoisotopic (exact) mass is 340 g/mol. The summed E-state index contributed by atoms with van der Waals surface area (Å²) in [4.78, 5) is 16.1. The molecule has 0 bridgehead atoms. The van der Waals surface area contributed by atoms with Crippen LogP contribution in [0.5, 0.6) is 0 Å². The van der Waals surface area contributed by atoms with Crippen LogP contribution in [0, 0.1) is 0 Å². The van der Waals surface area contributed by atoms with E-state index in [0.29, 0.717) is 10.9 Å². The molecule has 0 spiro atoms. The van der Waals surface area contributed by atoms with Gasteiger partial charge in [0, 0.05) is 17.4 Å². The summed E-state index contributed by atoms with van der Waals surface area (Å²) in [6.07, 6.45) is -1.74. The zero-order valence-corrected chi connectivity index (χ0v) is 12.0. The average Bonchev–Trinajstić information content (AvgIpc) is 2.92. The van der Waals surface area contributed by atoms with Gasteiger partial charge < -0.3 is 5.32 Å². The van der Waals surface area contributed by atoms with E-state index in [0.717, 1.165) is 12.1 Å². The molecule has 0 radical (unpaired) electrons. The van der Waals surface area contributed by atoms with Gasteiger partial charge in [-0.05, 0) is 24.3 Å². The highest BCUT2D eigenvalue weighted by Gasteiger charge is 2.34. The first-order valence-electron chi connectivity index (χ1n) is 6.32. The highest BCUT2D eigenvalue weighted by Crippen LogP contribution is 2.36. The van der Waals surface area contributed by atoms with Crippen LogP contribution in [0.4, 0.5) is 18.9 Å². The molecule has 0 aliphatic heterocycles. The minimum absolute atomic E-state index is 0.0452. The van der Waals surface area contributed by atoms with Crippen LogP contribution >= 0.6 is 11.6 Å². The predicted molar refractivity (Wildman–Crippen MR) is 78.3 cm³/mol. The van der Waals surface area contributed by atoms with Crippen LogP contribution in [0.15, 0.2) is 36.7 Å². The van der Waals surface area contributed by atoms with E-state index in [1.807, 2.05) is 0 Å². The van der Waals surface area contributed by atoms with Crippen LogP contribution in [0.3, 0.4) is 0 Å². The summed E-state index contributed by atoms with van der Waals surface area (Å²) in [6.45, 7) is 0. The van der Waals surface area contributed by atoms with E-state index < -0.39 is 23.3 Å². The smallest absolute Gasteiger partial charge is 0.320 e. The number of rotatable bonds is 2. The summed E-state index contributed by atoms with van der Waals surface area (Å²) in [5.74, 6) is -0.780. The molecule has 0 fully saturated rings. The maximum atomic E-state index is 13.0. The Balaban J connectivity index is 1.98. The summed E-state index contributed by atoms with van der Waals surface area (Å²) in [5, 5.41) is 8.97. The van der Waals surface area contributed by atoms with E-state index in [4.69, 9.17) is 11.6 Å². The number of fused-ring (bicyclic) bond motifs is 1. The van der Waals surface area contributed by atoms with Crippen molar-refractivity contribution < 1.29 is 18.0 Å². The van der Waals surface area contributed by atoms with E-state index in [1.165, 1.54) is 18.5 Å². The third-order valence-electron chi connectivity index (χ3n) is 3.11. The van der Waals surface area contributed by atoms with Crippen molar-refractivity contribution in [3.05, 3.63) is 52.9 Å². The Labute approximate surface area is 132 Å². The van der Waals surface area contributed by atoms with Crippen molar-refractivity contribution in [1.82, 2.24) is 15.2 Å². The number of H-pyrrole nitrogens is 1. The number of hydrogen-bond donors (Lipinski definition) is 2. The van der Waals surface area contributed by atoms with Gasteiger partial charge in [-0.25, -0.2) is 0 Å². The molecule has 3 aromatic rings. The lowest BCUT2D eigenvalue weighted by molar-refractivity contribution is -0.136. The van der Waals surface area contributed by atoms with Gasteiger partial charge in [0.1, 0.15) is 0 Å². The number of alkyl halides is 3. The molecule has 1 amide bonds. The molecule has 1 aromatic carbocycles. The SMILES string of the molecule is O=C(Nc1ccc(Cl)cc1C(F)(F)F)c1n[nH]c2ccncc12. The minimum atomic E-state index is -4.65. The molecule has 23 heavy (non-hydrogen) atoms. The van der Waals surface area contributed by atoms with Crippen molar-refractivity contribution in [2.45, 2.75) is 6.18 Å². The number of hydrogen-bond acceptors (Lipinski definition) is 3. The van der Waals surface area contributed by atoms with Crippen LogP contribution in [0.2, 0.25) is 5.02 Å². The first-order chi connectivity index (χ1) is 10.9. The Morgan fingerprint density at radius 1 is 1.26 bits per heavy atom. The third-order valence-corrected chi connectivity index (χ3v) is 3.35. The number of anilines is 1. The first kappa shape index (κ1) is 15.3. The lowest BCUT2D eigenvalue weighted by atomic mass is 10.1. The number of benzene rings is 1. The summed E-state index contributed by atoms with van der Waals surface area (Å²) in [7, 11) is 0. The second-order valence-electron chi connectivity index (χ2n) is 4.64. The molecular weight excluding hydrogens is 333 g/mol. The van der Waals surface area contributed by atoms with Crippen LogP contribution in [-0.2, 0) is 6.18 Å². The van der Waals surface area contributed by atoms with Crippen LogP contribution < -0.4 is 5.32 Å². The molecule has 0 unspecified atom stereocenters. The summed E-state index contributed by atoms with van der Waals surface area (Å²) in [5.41, 5.74) is -0.920. The third kappa shape index (κ3) is 2.98. The Morgan fingerprint density at radius 3 is 2.78 bits per heavy atom. The van der Waals surface area contributed by atoms with E-state index >= 15 is 0 Å². The lowest BCUT2D eigenvalue weighted by Gasteiger charge is -2.13. The molecule has 2 heterocycles.